The highest BCUT2D eigenvalue weighted by molar-refractivity contribution is 7.18. The molecule has 2 aromatic heterocycles. The van der Waals surface area contributed by atoms with Gasteiger partial charge in [-0.2, -0.15) is 0 Å². The van der Waals surface area contributed by atoms with Crippen LogP contribution in [0.15, 0.2) is 4.79 Å². The van der Waals surface area contributed by atoms with Gasteiger partial charge in [0.05, 0.1) is 18.6 Å². The van der Waals surface area contributed by atoms with Gasteiger partial charge in [-0.3, -0.25) is 14.2 Å². The number of thiophene rings is 1. The number of ether oxygens (including phenoxy) is 1. The van der Waals surface area contributed by atoms with Gasteiger partial charge in [0.15, 0.2) is 0 Å². The molecule has 3 heterocycles. The molecule has 0 saturated carbocycles. The maximum Gasteiger partial charge on any atom is 0.263 e. The fourth-order valence-corrected chi connectivity index (χ4v) is 3.73. The van der Waals surface area contributed by atoms with Crippen molar-refractivity contribution in [3.63, 3.8) is 0 Å². The number of aromatic nitrogens is 2. The van der Waals surface area contributed by atoms with Crippen LogP contribution in [0.4, 0.5) is 0 Å². The molecule has 1 saturated heterocycles. The highest BCUT2D eigenvalue weighted by atomic mass is 32.1. The fourth-order valence-electron chi connectivity index (χ4n) is 2.66. The second-order valence-corrected chi connectivity index (χ2v) is 6.71. The first-order chi connectivity index (χ1) is 10.5. The summed E-state index contributed by atoms with van der Waals surface area (Å²) in [4.78, 5) is 33.2. The van der Waals surface area contributed by atoms with Gasteiger partial charge in [-0.25, -0.2) is 4.98 Å². The molecule has 6 nitrogen and oxygen atoms in total. The summed E-state index contributed by atoms with van der Waals surface area (Å²) < 4.78 is 6.74. The van der Waals surface area contributed by atoms with E-state index in [1.54, 1.807) is 11.8 Å². The predicted molar refractivity (Wildman–Crippen MR) is 85.5 cm³/mol. The Morgan fingerprint density at radius 2 is 1.95 bits per heavy atom. The quantitative estimate of drug-likeness (QED) is 0.835. The smallest absolute Gasteiger partial charge is 0.263 e. The normalized spacial score (nSPS) is 15.5. The van der Waals surface area contributed by atoms with Crippen LogP contribution in [-0.4, -0.2) is 46.7 Å². The topological polar surface area (TPSA) is 64.4 Å². The molecule has 0 atom stereocenters. The number of rotatable bonds is 2. The molecular formula is C15H19N3O3S. The van der Waals surface area contributed by atoms with Crippen LogP contribution < -0.4 is 5.56 Å². The van der Waals surface area contributed by atoms with Gasteiger partial charge in [0, 0.05) is 18.0 Å². The van der Waals surface area contributed by atoms with Crippen LogP contribution >= 0.6 is 11.3 Å². The molecule has 1 aliphatic heterocycles. The molecule has 1 amide bonds. The zero-order valence-electron chi connectivity index (χ0n) is 13.0. The molecule has 2 aromatic rings. The monoisotopic (exact) mass is 321 g/mol. The number of nitrogens with zero attached hydrogens (tertiary/aromatic N) is 3. The lowest BCUT2D eigenvalue weighted by molar-refractivity contribution is -0.136. The molecule has 0 aromatic carbocycles. The standard InChI is InChI=1S/C15H19N3O3S/c1-9-10(2)22-14-13(9)15(20)18(11(3)16-14)8-12(19)17-4-6-21-7-5-17/h4-8H2,1-3H3. The summed E-state index contributed by atoms with van der Waals surface area (Å²) in [7, 11) is 0. The van der Waals surface area contributed by atoms with Crippen molar-refractivity contribution in [3.05, 3.63) is 26.6 Å². The van der Waals surface area contributed by atoms with E-state index in [4.69, 9.17) is 4.74 Å². The lowest BCUT2D eigenvalue weighted by Gasteiger charge is -2.27. The maximum absolute atomic E-state index is 12.7. The van der Waals surface area contributed by atoms with Crippen LogP contribution in [0.25, 0.3) is 10.2 Å². The Hall–Kier alpha value is -1.73. The zero-order valence-corrected chi connectivity index (χ0v) is 13.8. The summed E-state index contributed by atoms with van der Waals surface area (Å²) in [5, 5.41) is 0.642. The van der Waals surface area contributed by atoms with Gasteiger partial charge in [0.2, 0.25) is 5.91 Å². The number of hydrogen-bond acceptors (Lipinski definition) is 5. The molecule has 118 valence electrons. The van der Waals surface area contributed by atoms with E-state index >= 15 is 0 Å². The van der Waals surface area contributed by atoms with Crippen molar-refractivity contribution >= 4 is 27.5 Å². The van der Waals surface area contributed by atoms with Crippen LogP contribution in [0.1, 0.15) is 16.3 Å². The van der Waals surface area contributed by atoms with Crippen molar-refractivity contribution in [2.75, 3.05) is 26.3 Å². The van der Waals surface area contributed by atoms with Crippen molar-refractivity contribution in [1.29, 1.82) is 0 Å². The summed E-state index contributed by atoms with van der Waals surface area (Å²) in [5.41, 5.74) is 0.844. The molecule has 22 heavy (non-hydrogen) atoms. The van der Waals surface area contributed by atoms with Crippen molar-refractivity contribution < 1.29 is 9.53 Å². The van der Waals surface area contributed by atoms with Crippen molar-refractivity contribution in [1.82, 2.24) is 14.5 Å². The summed E-state index contributed by atoms with van der Waals surface area (Å²) in [6.45, 7) is 8.01. The first kappa shape index (κ1) is 15.2. The van der Waals surface area contributed by atoms with Crippen LogP contribution in [0.2, 0.25) is 0 Å². The van der Waals surface area contributed by atoms with Gasteiger partial charge in [-0.1, -0.05) is 0 Å². The van der Waals surface area contributed by atoms with E-state index in [2.05, 4.69) is 4.98 Å². The molecule has 1 fully saturated rings. The molecule has 3 rings (SSSR count). The minimum absolute atomic E-state index is 0.0436. The largest absolute Gasteiger partial charge is 0.378 e. The molecule has 0 aliphatic carbocycles. The third-order valence-electron chi connectivity index (χ3n) is 4.14. The van der Waals surface area contributed by atoms with Crippen molar-refractivity contribution in [3.8, 4) is 0 Å². The van der Waals surface area contributed by atoms with Gasteiger partial charge in [0.25, 0.3) is 5.56 Å². The second kappa shape index (κ2) is 5.81. The Morgan fingerprint density at radius 3 is 2.64 bits per heavy atom. The van der Waals surface area contributed by atoms with Gasteiger partial charge in [-0.15, -0.1) is 11.3 Å². The van der Waals surface area contributed by atoms with E-state index in [1.165, 1.54) is 15.9 Å². The van der Waals surface area contributed by atoms with Crippen LogP contribution in [-0.2, 0) is 16.1 Å². The molecule has 0 bridgehead atoms. The van der Waals surface area contributed by atoms with Crippen LogP contribution in [0.3, 0.4) is 0 Å². The lowest BCUT2D eigenvalue weighted by atomic mass is 10.2. The van der Waals surface area contributed by atoms with E-state index in [0.29, 0.717) is 37.5 Å². The fraction of sp³-hybridized carbons (Fsp3) is 0.533. The van der Waals surface area contributed by atoms with Crippen LogP contribution in [0.5, 0.6) is 0 Å². The van der Waals surface area contributed by atoms with Gasteiger partial charge in [0.1, 0.15) is 17.2 Å². The third kappa shape index (κ3) is 2.55. The number of amides is 1. The summed E-state index contributed by atoms with van der Waals surface area (Å²) in [6, 6.07) is 0. The Kier molecular flexibility index (Phi) is 4.01. The molecule has 0 radical (unpaired) electrons. The maximum atomic E-state index is 12.7. The van der Waals surface area contributed by atoms with Crippen molar-refractivity contribution in [2.24, 2.45) is 0 Å². The molecule has 0 spiro atoms. The second-order valence-electron chi connectivity index (χ2n) is 5.51. The first-order valence-corrected chi connectivity index (χ1v) is 8.13. The molecular weight excluding hydrogens is 302 g/mol. The Balaban J connectivity index is 1.98. The predicted octanol–water partition coefficient (Wildman–Crippen LogP) is 1.24. The number of fused-ring (bicyclic) bond motifs is 1. The number of carbonyl (C=O) groups excluding carboxylic acids is 1. The average Bonchev–Trinajstić information content (AvgIpc) is 2.79. The minimum atomic E-state index is -0.119. The Bertz CT molecular complexity index is 787. The minimum Gasteiger partial charge on any atom is -0.378 e. The zero-order chi connectivity index (χ0) is 15.9. The molecule has 0 N–H and O–H groups in total. The van der Waals surface area contributed by atoms with E-state index in [0.717, 1.165) is 15.3 Å². The van der Waals surface area contributed by atoms with Gasteiger partial charge >= 0.3 is 0 Å². The number of morpholine rings is 1. The van der Waals surface area contributed by atoms with Gasteiger partial charge < -0.3 is 9.64 Å². The number of aryl methyl sites for hydroxylation is 3. The average molecular weight is 321 g/mol. The molecule has 1 aliphatic rings. The van der Waals surface area contributed by atoms with E-state index < -0.39 is 0 Å². The van der Waals surface area contributed by atoms with E-state index in [-0.39, 0.29) is 18.0 Å². The first-order valence-electron chi connectivity index (χ1n) is 7.31. The lowest BCUT2D eigenvalue weighted by Crippen LogP contribution is -2.43. The highest BCUT2D eigenvalue weighted by Crippen LogP contribution is 2.26. The molecule has 0 unspecified atom stereocenters. The summed E-state index contributed by atoms with van der Waals surface area (Å²) in [5.74, 6) is 0.527. The summed E-state index contributed by atoms with van der Waals surface area (Å²) >= 11 is 1.53. The number of hydrogen-bond donors (Lipinski definition) is 0. The Labute approximate surface area is 132 Å². The Morgan fingerprint density at radius 1 is 1.27 bits per heavy atom. The van der Waals surface area contributed by atoms with E-state index in [1.807, 2.05) is 13.8 Å². The third-order valence-corrected chi connectivity index (χ3v) is 5.24. The SMILES string of the molecule is Cc1sc2nc(C)n(CC(=O)N3CCOCC3)c(=O)c2c1C. The molecule has 7 heteroatoms. The highest BCUT2D eigenvalue weighted by Gasteiger charge is 2.20. The number of carbonyl (C=O) groups is 1. The van der Waals surface area contributed by atoms with E-state index in [9.17, 15) is 9.59 Å². The summed E-state index contributed by atoms with van der Waals surface area (Å²) in [6.07, 6.45) is 0. The van der Waals surface area contributed by atoms with Crippen LogP contribution in [0, 0.1) is 20.8 Å². The van der Waals surface area contributed by atoms with Gasteiger partial charge in [-0.05, 0) is 26.3 Å². The van der Waals surface area contributed by atoms with Crippen molar-refractivity contribution in [2.45, 2.75) is 27.3 Å².